The van der Waals surface area contributed by atoms with Gasteiger partial charge in [0.15, 0.2) is 0 Å². The molecule has 3 rings (SSSR count). The predicted molar refractivity (Wildman–Crippen MR) is 84.8 cm³/mol. The number of aliphatic hydroxyl groups excluding tert-OH is 1. The third kappa shape index (κ3) is 3.56. The van der Waals surface area contributed by atoms with Gasteiger partial charge in [0.05, 0.1) is 12.5 Å². The Bertz CT molecular complexity index is 430. The molecule has 22 heavy (non-hydrogen) atoms. The molecule has 3 nitrogen and oxygen atoms in total. The van der Waals surface area contributed by atoms with Crippen LogP contribution in [0.2, 0.25) is 0 Å². The SMILES string of the molecule is CC1C[C]C2C(C=CC(C)C2CCC2CC(O)CC(=O)O2)C1. The van der Waals surface area contributed by atoms with Crippen LogP contribution in [0.5, 0.6) is 0 Å². The van der Waals surface area contributed by atoms with Crippen molar-refractivity contribution in [2.75, 3.05) is 0 Å². The van der Waals surface area contributed by atoms with Crippen LogP contribution >= 0.6 is 0 Å². The maximum atomic E-state index is 11.5. The first-order valence-electron chi connectivity index (χ1n) is 8.82. The van der Waals surface area contributed by atoms with Crippen molar-refractivity contribution in [2.24, 2.45) is 29.6 Å². The molecule has 0 aromatic carbocycles. The standard InChI is InChI=1S/C19H28O3/c1-12-3-7-18-14(9-12)5-4-13(2)17(18)8-6-16-10-15(20)11-19(21)22-16/h4-5,12-18,20H,3,6,8-11H2,1-2H3. The summed E-state index contributed by atoms with van der Waals surface area (Å²) < 4.78 is 5.40. The molecule has 2 fully saturated rings. The third-order valence-corrected chi connectivity index (χ3v) is 5.69. The fraction of sp³-hybridized carbons (Fsp3) is 0.789. The van der Waals surface area contributed by atoms with Gasteiger partial charge in [-0.25, -0.2) is 0 Å². The molecule has 0 aromatic heterocycles. The van der Waals surface area contributed by atoms with Gasteiger partial charge >= 0.3 is 5.97 Å². The number of rotatable bonds is 3. The number of cyclic esters (lactones) is 1. The van der Waals surface area contributed by atoms with Gasteiger partial charge in [-0.15, -0.1) is 0 Å². The van der Waals surface area contributed by atoms with Gasteiger partial charge < -0.3 is 9.84 Å². The van der Waals surface area contributed by atoms with Crippen molar-refractivity contribution in [1.29, 1.82) is 0 Å². The summed E-state index contributed by atoms with van der Waals surface area (Å²) >= 11 is 0. The number of carbonyl (C=O) groups excluding carboxylic acids is 1. The lowest BCUT2D eigenvalue weighted by Gasteiger charge is -2.43. The quantitative estimate of drug-likeness (QED) is 0.642. The molecule has 0 spiro atoms. The van der Waals surface area contributed by atoms with Gasteiger partial charge in [-0.3, -0.25) is 4.79 Å². The van der Waals surface area contributed by atoms with Crippen LogP contribution in [0.4, 0.5) is 0 Å². The van der Waals surface area contributed by atoms with Gasteiger partial charge in [-0.2, -0.15) is 0 Å². The maximum Gasteiger partial charge on any atom is 0.308 e. The van der Waals surface area contributed by atoms with E-state index in [1.165, 1.54) is 6.42 Å². The molecule has 0 aromatic rings. The van der Waals surface area contributed by atoms with Crippen LogP contribution in [0.15, 0.2) is 12.2 Å². The Morgan fingerprint density at radius 2 is 2.09 bits per heavy atom. The maximum absolute atomic E-state index is 11.5. The van der Waals surface area contributed by atoms with E-state index in [2.05, 4.69) is 32.4 Å². The molecule has 1 saturated carbocycles. The molecular weight excluding hydrogens is 276 g/mol. The number of allylic oxidation sites excluding steroid dienone is 2. The molecule has 122 valence electrons. The van der Waals surface area contributed by atoms with E-state index >= 15 is 0 Å². The Balaban J connectivity index is 1.59. The zero-order chi connectivity index (χ0) is 15.7. The van der Waals surface area contributed by atoms with E-state index in [1.54, 1.807) is 0 Å². The van der Waals surface area contributed by atoms with Crippen LogP contribution in [0, 0.1) is 36.0 Å². The number of hydrogen-bond donors (Lipinski definition) is 1. The number of hydrogen-bond acceptors (Lipinski definition) is 3. The predicted octanol–water partition coefficient (Wildman–Crippen LogP) is 3.40. The molecule has 1 N–H and O–H groups in total. The van der Waals surface area contributed by atoms with Crippen LogP contribution < -0.4 is 0 Å². The minimum Gasteiger partial charge on any atom is -0.462 e. The largest absolute Gasteiger partial charge is 0.462 e. The van der Waals surface area contributed by atoms with Crippen molar-refractivity contribution in [2.45, 2.75) is 64.6 Å². The Morgan fingerprint density at radius 1 is 1.27 bits per heavy atom. The van der Waals surface area contributed by atoms with Crippen LogP contribution in [-0.4, -0.2) is 23.3 Å². The fourth-order valence-electron chi connectivity index (χ4n) is 4.50. The van der Waals surface area contributed by atoms with Gasteiger partial charge in [0.1, 0.15) is 6.10 Å². The minimum absolute atomic E-state index is 0.102. The Kier molecular flexibility index (Phi) is 4.91. The Morgan fingerprint density at radius 3 is 2.86 bits per heavy atom. The summed E-state index contributed by atoms with van der Waals surface area (Å²) in [5.74, 6) is 2.86. The summed E-state index contributed by atoms with van der Waals surface area (Å²) in [5.41, 5.74) is 0. The van der Waals surface area contributed by atoms with Crippen LogP contribution in [0.3, 0.4) is 0 Å². The lowest BCUT2D eigenvalue weighted by molar-refractivity contribution is -0.160. The van der Waals surface area contributed by atoms with Crippen molar-refractivity contribution >= 4 is 5.97 Å². The first kappa shape index (κ1) is 16.0. The highest BCUT2D eigenvalue weighted by Crippen LogP contribution is 2.46. The summed E-state index contributed by atoms with van der Waals surface area (Å²) in [7, 11) is 0. The number of aliphatic hydroxyl groups is 1. The van der Waals surface area contributed by atoms with E-state index in [-0.39, 0.29) is 18.5 Å². The number of esters is 1. The Hall–Kier alpha value is -0.830. The van der Waals surface area contributed by atoms with Gasteiger partial charge in [-0.1, -0.05) is 26.0 Å². The zero-order valence-corrected chi connectivity index (χ0v) is 13.7. The van der Waals surface area contributed by atoms with Crippen LogP contribution in [0.25, 0.3) is 0 Å². The summed E-state index contributed by atoms with van der Waals surface area (Å²) in [6, 6.07) is 0. The van der Waals surface area contributed by atoms with E-state index in [0.29, 0.717) is 30.1 Å². The third-order valence-electron chi connectivity index (χ3n) is 5.69. The van der Waals surface area contributed by atoms with Crippen molar-refractivity contribution in [1.82, 2.24) is 0 Å². The average Bonchev–Trinajstić information content (AvgIpc) is 2.45. The molecule has 1 saturated heterocycles. The summed E-state index contributed by atoms with van der Waals surface area (Å²) in [6.45, 7) is 4.60. The summed E-state index contributed by atoms with van der Waals surface area (Å²) in [4.78, 5) is 11.5. The molecule has 3 aliphatic rings. The Labute approximate surface area is 134 Å². The highest BCUT2D eigenvalue weighted by molar-refractivity contribution is 5.70. The number of fused-ring (bicyclic) bond motifs is 1. The molecule has 7 unspecified atom stereocenters. The van der Waals surface area contributed by atoms with Gasteiger partial charge in [0.25, 0.3) is 0 Å². The lowest BCUT2D eigenvalue weighted by atomic mass is 9.62. The van der Waals surface area contributed by atoms with Crippen LogP contribution in [0.1, 0.15) is 52.4 Å². The van der Waals surface area contributed by atoms with Gasteiger partial charge in [0, 0.05) is 6.42 Å². The number of carbonyl (C=O) groups is 1. The van der Waals surface area contributed by atoms with Crippen molar-refractivity contribution in [3.05, 3.63) is 18.6 Å². The second kappa shape index (κ2) is 6.74. The van der Waals surface area contributed by atoms with E-state index < -0.39 is 6.10 Å². The molecule has 1 heterocycles. The van der Waals surface area contributed by atoms with E-state index in [9.17, 15) is 9.90 Å². The summed E-state index contributed by atoms with van der Waals surface area (Å²) in [6.07, 6.45) is 13.0. The van der Waals surface area contributed by atoms with Gasteiger partial charge in [0.2, 0.25) is 0 Å². The lowest BCUT2D eigenvalue weighted by Crippen LogP contribution is -2.37. The topological polar surface area (TPSA) is 46.5 Å². The molecule has 3 heteroatoms. The minimum atomic E-state index is -0.517. The van der Waals surface area contributed by atoms with E-state index in [1.807, 2.05) is 0 Å². The molecular formula is C19H28O3. The highest BCUT2D eigenvalue weighted by Gasteiger charge is 2.38. The molecule has 7 atom stereocenters. The molecule has 1 aliphatic heterocycles. The summed E-state index contributed by atoms with van der Waals surface area (Å²) in [5, 5.41) is 9.73. The number of ether oxygens (including phenoxy) is 1. The molecule has 2 aliphatic carbocycles. The average molecular weight is 304 g/mol. The highest BCUT2D eigenvalue weighted by atomic mass is 16.5. The van der Waals surface area contributed by atoms with Crippen molar-refractivity contribution in [3.63, 3.8) is 0 Å². The van der Waals surface area contributed by atoms with Crippen molar-refractivity contribution < 1.29 is 14.6 Å². The smallest absolute Gasteiger partial charge is 0.308 e. The first-order chi connectivity index (χ1) is 10.5. The molecule has 0 bridgehead atoms. The van der Waals surface area contributed by atoms with Gasteiger partial charge in [-0.05, 0) is 61.7 Å². The van der Waals surface area contributed by atoms with Crippen molar-refractivity contribution in [3.8, 4) is 0 Å². The zero-order valence-electron chi connectivity index (χ0n) is 13.7. The second-order valence-corrected chi connectivity index (χ2v) is 7.63. The molecule has 2 radical (unpaired) electrons. The monoisotopic (exact) mass is 304 g/mol. The fourth-order valence-corrected chi connectivity index (χ4v) is 4.50. The molecule has 0 amide bonds. The normalized spacial score (nSPS) is 45.2. The van der Waals surface area contributed by atoms with Crippen LogP contribution in [-0.2, 0) is 9.53 Å². The second-order valence-electron chi connectivity index (χ2n) is 7.63. The first-order valence-corrected chi connectivity index (χ1v) is 8.82. The van der Waals surface area contributed by atoms with E-state index in [0.717, 1.165) is 25.2 Å². The van der Waals surface area contributed by atoms with E-state index in [4.69, 9.17) is 4.74 Å².